The van der Waals surface area contributed by atoms with E-state index < -0.39 is 63.1 Å². The lowest BCUT2D eigenvalue weighted by atomic mass is 9.85. The van der Waals surface area contributed by atoms with Crippen molar-refractivity contribution in [2.24, 2.45) is 0 Å². The molecule has 360 valence electrons. The fourth-order valence-electron chi connectivity index (χ4n) is 7.05. The molecular formula is C49H87O12P. The molecule has 1 fully saturated rings. The van der Waals surface area contributed by atoms with Gasteiger partial charge in [0.25, 0.3) is 0 Å². The van der Waals surface area contributed by atoms with Crippen LogP contribution in [0.25, 0.3) is 0 Å². The molecule has 0 aromatic heterocycles. The van der Waals surface area contributed by atoms with Crippen molar-refractivity contribution in [3.05, 3.63) is 60.8 Å². The molecule has 0 radical (unpaired) electrons. The van der Waals surface area contributed by atoms with Crippen LogP contribution in [0, 0.1) is 0 Å². The van der Waals surface area contributed by atoms with Crippen LogP contribution in [-0.2, 0) is 27.9 Å². The Balaban J connectivity index is 2.37. The predicted octanol–water partition coefficient (Wildman–Crippen LogP) is 10.2. The molecule has 1 aliphatic rings. The monoisotopic (exact) mass is 899 g/mol. The molecule has 62 heavy (non-hydrogen) atoms. The molecule has 6 unspecified atom stereocenters. The summed E-state index contributed by atoms with van der Waals surface area (Å²) in [5.74, 6) is -0.489. The van der Waals surface area contributed by atoms with Gasteiger partial charge in [0.05, 0.1) is 13.2 Å². The van der Waals surface area contributed by atoms with Crippen LogP contribution in [0.5, 0.6) is 0 Å². The molecule has 0 aromatic rings. The van der Waals surface area contributed by atoms with Gasteiger partial charge in [-0.3, -0.25) is 13.8 Å². The summed E-state index contributed by atoms with van der Waals surface area (Å²) in [5.41, 5.74) is 0. The molecule has 0 aromatic carbocycles. The quantitative estimate of drug-likeness (QED) is 0.0148. The van der Waals surface area contributed by atoms with E-state index in [2.05, 4.69) is 74.6 Å². The number of hydrogen-bond acceptors (Lipinski definition) is 11. The summed E-state index contributed by atoms with van der Waals surface area (Å²) in [5, 5.41) is 50.2. The number of phosphoric acid groups is 1. The first-order valence-corrected chi connectivity index (χ1v) is 25.6. The first-order valence-electron chi connectivity index (χ1n) is 24.1. The second-order valence-corrected chi connectivity index (χ2v) is 18.0. The van der Waals surface area contributed by atoms with E-state index in [-0.39, 0.29) is 13.0 Å². The predicted molar refractivity (Wildman–Crippen MR) is 248 cm³/mol. The lowest BCUT2D eigenvalue weighted by molar-refractivity contribution is -0.220. The third kappa shape index (κ3) is 31.0. The van der Waals surface area contributed by atoms with Crippen molar-refractivity contribution < 1.29 is 58.3 Å². The zero-order valence-corrected chi connectivity index (χ0v) is 39.3. The maximum Gasteiger partial charge on any atom is 0.472 e. The lowest BCUT2D eigenvalue weighted by Gasteiger charge is -2.41. The Labute approximate surface area is 375 Å². The highest BCUT2D eigenvalue weighted by Crippen LogP contribution is 2.47. The highest BCUT2D eigenvalue weighted by atomic mass is 31.2. The molecule has 1 aliphatic carbocycles. The van der Waals surface area contributed by atoms with Crippen LogP contribution in [0.4, 0.5) is 0 Å². The zero-order chi connectivity index (χ0) is 45.5. The summed E-state index contributed by atoms with van der Waals surface area (Å²) in [6, 6.07) is 0. The number of carbonyl (C=O) groups excluding carboxylic acids is 1. The van der Waals surface area contributed by atoms with Crippen LogP contribution >= 0.6 is 7.82 Å². The second kappa shape index (κ2) is 39.4. The topological polar surface area (TPSA) is 192 Å². The molecule has 0 saturated heterocycles. The summed E-state index contributed by atoms with van der Waals surface area (Å²) in [6.07, 6.45) is 37.1. The number of carbonyl (C=O) groups is 1. The minimum Gasteiger partial charge on any atom is -0.457 e. The Morgan fingerprint density at radius 3 is 1.47 bits per heavy atom. The van der Waals surface area contributed by atoms with E-state index in [4.69, 9.17) is 18.5 Å². The van der Waals surface area contributed by atoms with Crippen LogP contribution in [0.2, 0.25) is 0 Å². The van der Waals surface area contributed by atoms with Gasteiger partial charge in [-0.05, 0) is 77.0 Å². The Kier molecular flexibility index (Phi) is 36.9. The molecule has 0 aliphatic heterocycles. The van der Waals surface area contributed by atoms with Crippen LogP contribution < -0.4 is 0 Å². The van der Waals surface area contributed by atoms with Gasteiger partial charge in [0.1, 0.15) is 42.7 Å². The fraction of sp³-hybridized carbons (Fsp3) is 0.776. The molecule has 1 saturated carbocycles. The van der Waals surface area contributed by atoms with Crippen LogP contribution in [-0.4, -0.2) is 98.9 Å². The van der Waals surface area contributed by atoms with Crippen molar-refractivity contribution in [1.82, 2.24) is 0 Å². The van der Waals surface area contributed by atoms with Crippen molar-refractivity contribution in [2.45, 2.75) is 224 Å². The van der Waals surface area contributed by atoms with E-state index in [9.17, 15) is 39.8 Å². The molecule has 0 spiro atoms. The Hall–Kier alpha value is -1.96. The maximum atomic E-state index is 12.8. The summed E-state index contributed by atoms with van der Waals surface area (Å²) in [4.78, 5) is 23.2. The third-order valence-corrected chi connectivity index (χ3v) is 11.9. The number of aliphatic hydroxyl groups is 5. The zero-order valence-electron chi connectivity index (χ0n) is 38.4. The van der Waals surface area contributed by atoms with E-state index in [0.717, 1.165) is 89.9 Å². The molecule has 6 atom stereocenters. The highest BCUT2D eigenvalue weighted by molar-refractivity contribution is 7.47. The number of esters is 1. The van der Waals surface area contributed by atoms with Crippen molar-refractivity contribution in [3.63, 3.8) is 0 Å². The van der Waals surface area contributed by atoms with E-state index in [1.807, 2.05) is 0 Å². The molecule has 13 heteroatoms. The lowest BCUT2D eigenvalue weighted by Crippen LogP contribution is -2.64. The third-order valence-electron chi connectivity index (χ3n) is 10.9. The van der Waals surface area contributed by atoms with Gasteiger partial charge in [-0.25, -0.2) is 4.57 Å². The average Bonchev–Trinajstić information content (AvgIpc) is 3.26. The van der Waals surface area contributed by atoms with Gasteiger partial charge in [0.15, 0.2) is 0 Å². The molecular weight excluding hydrogens is 812 g/mol. The van der Waals surface area contributed by atoms with Crippen molar-refractivity contribution in [1.29, 1.82) is 0 Å². The second-order valence-electron chi connectivity index (χ2n) is 16.6. The van der Waals surface area contributed by atoms with Gasteiger partial charge in [0, 0.05) is 13.0 Å². The molecule has 12 nitrogen and oxygen atoms in total. The number of aliphatic hydroxyl groups excluding tert-OH is 5. The van der Waals surface area contributed by atoms with Crippen molar-refractivity contribution in [2.75, 3.05) is 19.8 Å². The average molecular weight is 899 g/mol. The summed E-state index contributed by atoms with van der Waals surface area (Å²) >= 11 is 0. The maximum absolute atomic E-state index is 12.8. The Morgan fingerprint density at radius 2 is 0.952 bits per heavy atom. The van der Waals surface area contributed by atoms with Gasteiger partial charge in [-0.1, -0.05) is 158 Å². The Bertz CT molecular complexity index is 1250. The minimum absolute atomic E-state index is 0.0862. The highest BCUT2D eigenvalue weighted by Gasteiger charge is 2.51. The molecule has 0 amide bonds. The molecule has 1 rings (SSSR count). The first kappa shape index (κ1) is 58.1. The van der Waals surface area contributed by atoms with E-state index in [0.29, 0.717) is 13.0 Å². The van der Waals surface area contributed by atoms with Gasteiger partial charge in [-0.15, -0.1) is 0 Å². The summed E-state index contributed by atoms with van der Waals surface area (Å²) in [7, 11) is -5.02. The summed E-state index contributed by atoms with van der Waals surface area (Å²) < 4.78 is 34.2. The van der Waals surface area contributed by atoms with E-state index in [1.165, 1.54) is 64.2 Å². The van der Waals surface area contributed by atoms with E-state index in [1.54, 1.807) is 0 Å². The van der Waals surface area contributed by atoms with Gasteiger partial charge >= 0.3 is 13.8 Å². The number of ether oxygens (including phenoxy) is 2. The van der Waals surface area contributed by atoms with E-state index >= 15 is 0 Å². The Morgan fingerprint density at radius 1 is 0.532 bits per heavy atom. The number of allylic oxidation sites excluding steroid dienone is 10. The first-order chi connectivity index (χ1) is 30.0. The number of phosphoric ester groups is 1. The van der Waals surface area contributed by atoms with Crippen LogP contribution in [0.1, 0.15) is 181 Å². The smallest absolute Gasteiger partial charge is 0.457 e. The molecule has 0 bridgehead atoms. The normalized spacial score (nSPS) is 22.5. The number of unbranched alkanes of at least 4 members (excludes halogenated alkanes) is 18. The van der Waals surface area contributed by atoms with Crippen molar-refractivity contribution >= 4 is 13.8 Å². The SMILES string of the molecule is CC/C=C\C/C=C\C/C=C\C/C=C\CCCCCCCCCCC(=O)OC(COCCCCCCCC/C=C\CCCCCC)COP(=O)(O)OC1C(O)C(O)C(O)C(O)C1O. The number of hydrogen-bond donors (Lipinski definition) is 6. The van der Waals surface area contributed by atoms with Gasteiger partial charge in [-0.2, -0.15) is 0 Å². The molecule has 0 heterocycles. The van der Waals surface area contributed by atoms with Crippen LogP contribution in [0.3, 0.4) is 0 Å². The van der Waals surface area contributed by atoms with Crippen LogP contribution in [0.15, 0.2) is 60.8 Å². The molecule has 6 N–H and O–H groups in total. The van der Waals surface area contributed by atoms with Gasteiger partial charge in [0.2, 0.25) is 0 Å². The minimum atomic E-state index is -5.02. The standard InChI is InChI=1S/C49H87O12P/c1-3-5-7-9-11-13-15-17-19-20-21-22-23-24-25-26-28-30-32-34-36-38-43(50)60-42(40-58-39-37-35-33-31-29-27-18-16-14-12-10-8-6-4-2)41-59-62(56,57)61-49-47(54)45(52)44(51)46(53)48(49)55/h5,7,11,13-14,16-17,19,21-22,42,44-49,51-55H,3-4,6,8-10,12,15,18,20,23-41H2,1-2H3,(H,56,57)/b7-5-,13-11-,16-14-,19-17-,22-21-. The van der Waals surface area contributed by atoms with Gasteiger partial charge < -0.3 is 39.9 Å². The summed E-state index contributed by atoms with van der Waals surface area (Å²) in [6.45, 7) is 4.11. The fourth-order valence-corrected chi connectivity index (χ4v) is 8.02. The largest absolute Gasteiger partial charge is 0.472 e. The van der Waals surface area contributed by atoms with Crippen molar-refractivity contribution in [3.8, 4) is 0 Å². The number of rotatable bonds is 40.